The highest BCUT2D eigenvalue weighted by Crippen LogP contribution is 2.17. The van der Waals surface area contributed by atoms with Gasteiger partial charge in [0.1, 0.15) is 0 Å². The number of unbranched alkanes of at least 4 members (excludes halogenated alkanes) is 3. The van der Waals surface area contributed by atoms with Gasteiger partial charge in [-0.05, 0) is 43.7 Å². The van der Waals surface area contributed by atoms with Gasteiger partial charge in [-0.3, -0.25) is 14.5 Å². The van der Waals surface area contributed by atoms with Crippen LogP contribution in [-0.4, -0.2) is 29.8 Å². The zero-order valence-corrected chi connectivity index (χ0v) is 15.6. The summed E-state index contributed by atoms with van der Waals surface area (Å²) in [5.41, 5.74) is 6.27. The van der Waals surface area contributed by atoms with Gasteiger partial charge in [0.25, 0.3) is 11.8 Å². The van der Waals surface area contributed by atoms with Crippen LogP contribution in [0.25, 0.3) is 0 Å². The Bertz CT molecular complexity index is 855. The third-order valence-corrected chi connectivity index (χ3v) is 4.38. The van der Waals surface area contributed by atoms with Gasteiger partial charge < -0.3 is 5.73 Å². The van der Waals surface area contributed by atoms with E-state index in [9.17, 15) is 20.1 Å². The van der Waals surface area contributed by atoms with Crippen LogP contribution >= 0.6 is 0 Å². The van der Waals surface area contributed by atoms with E-state index in [1.807, 2.05) is 12.1 Å². The van der Waals surface area contributed by atoms with Gasteiger partial charge in [-0.2, -0.15) is 10.5 Å². The number of carbonyl (C=O) groups excluding carboxylic acids is 2. The van der Waals surface area contributed by atoms with Crippen molar-refractivity contribution in [2.24, 2.45) is 5.73 Å². The van der Waals surface area contributed by atoms with Crippen molar-refractivity contribution in [1.29, 1.82) is 10.5 Å². The standard InChI is InChI=1S/C22H22N4O2/c23-13-7-1-2-8-14-26(21(27)19-11-5-3-9-17(19)15-24)22(28)20-12-6-4-10-18(20)16-25/h3-6,9-12H,1-2,7-8,13-14,23H2. The number of nitrogens with two attached hydrogens (primary N) is 1. The SMILES string of the molecule is N#Cc1ccccc1C(=O)N(CCCCCCN)C(=O)c1ccccc1C#N. The summed E-state index contributed by atoms with van der Waals surface area (Å²) in [5.74, 6) is -1.07. The van der Waals surface area contributed by atoms with Crippen molar-refractivity contribution in [1.82, 2.24) is 4.90 Å². The summed E-state index contributed by atoms with van der Waals surface area (Å²) in [5, 5.41) is 18.6. The summed E-state index contributed by atoms with van der Waals surface area (Å²) in [7, 11) is 0. The quantitative estimate of drug-likeness (QED) is 0.563. The van der Waals surface area contributed by atoms with Crippen LogP contribution in [0, 0.1) is 22.7 Å². The fraction of sp³-hybridized carbons (Fsp3) is 0.273. The first-order valence-electron chi connectivity index (χ1n) is 9.18. The zero-order chi connectivity index (χ0) is 20.4. The van der Waals surface area contributed by atoms with Crippen LogP contribution in [0.1, 0.15) is 57.5 Å². The van der Waals surface area contributed by atoms with Crippen molar-refractivity contribution < 1.29 is 9.59 Å². The molecule has 2 amide bonds. The smallest absolute Gasteiger partial charge is 0.262 e. The van der Waals surface area contributed by atoms with Gasteiger partial charge in [0.05, 0.1) is 34.4 Å². The van der Waals surface area contributed by atoms with E-state index in [1.165, 1.54) is 12.1 Å². The first kappa shape index (κ1) is 20.8. The number of nitriles is 2. The van der Waals surface area contributed by atoms with Gasteiger partial charge >= 0.3 is 0 Å². The second-order valence-electron chi connectivity index (χ2n) is 6.28. The van der Waals surface area contributed by atoms with Crippen LogP contribution in [0.15, 0.2) is 48.5 Å². The van der Waals surface area contributed by atoms with Crippen molar-refractivity contribution in [3.8, 4) is 12.1 Å². The summed E-state index contributed by atoms with van der Waals surface area (Å²) in [6.45, 7) is 0.814. The molecule has 6 nitrogen and oxygen atoms in total. The molecule has 0 atom stereocenters. The maximum Gasteiger partial charge on any atom is 0.262 e. The predicted molar refractivity (Wildman–Crippen MR) is 105 cm³/mol. The Hall–Kier alpha value is -3.48. The highest BCUT2D eigenvalue weighted by molar-refractivity contribution is 6.11. The largest absolute Gasteiger partial charge is 0.330 e. The summed E-state index contributed by atoms with van der Waals surface area (Å²) in [6, 6.07) is 16.8. The number of imide groups is 1. The molecule has 0 aliphatic heterocycles. The first-order valence-corrected chi connectivity index (χ1v) is 9.18. The molecule has 2 aromatic carbocycles. The molecule has 6 heteroatoms. The molecule has 0 spiro atoms. The number of rotatable bonds is 8. The van der Waals surface area contributed by atoms with Gasteiger partial charge in [-0.15, -0.1) is 0 Å². The maximum atomic E-state index is 13.1. The summed E-state index contributed by atoms with van der Waals surface area (Å²) in [6.07, 6.45) is 3.25. The van der Waals surface area contributed by atoms with Crippen LogP contribution in [0.5, 0.6) is 0 Å². The minimum atomic E-state index is -0.534. The lowest BCUT2D eigenvalue weighted by Gasteiger charge is -2.22. The molecule has 2 rings (SSSR count). The molecule has 142 valence electrons. The molecule has 0 aliphatic rings. The lowest BCUT2D eigenvalue weighted by molar-refractivity contribution is 0.0613. The van der Waals surface area contributed by atoms with Crippen LogP contribution in [0.4, 0.5) is 0 Å². The monoisotopic (exact) mass is 374 g/mol. The molecule has 0 unspecified atom stereocenters. The molecular weight excluding hydrogens is 352 g/mol. The molecule has 0 heterocycles. The summed E-state index contributed by atoms with van der Waals surface area (Å²) in [4.78, 5) is 27.4. The van der Waals surface area contributed by atoms with E-state index >= 15 is 0 Å². The topological polar surface area (TPSA) is 111 Å². The fourth-order valence-electron chi connectivity index (χ4n) is 2.89. The van der Waals surface area contributed by atoms with E-state index in [2.05, 4.69) is 0 Å². The summed E-state index contributed by atoms with van der Waals surface area (Å²) < 4.78 is 0. The van der Waals surface area contributed by atoms with Gasteiger partial charge in [0, 0.05) is 6.54 Å². The van der Waals surface area contributed by atoms with Crippen molar-refractivity contribution in [3.63, 3.8) is 0 Å². The fourth-order valence-corrected chi connectivity index (χ4v) is 2.89. The number of amides is 2. The third kappa shape index (κ3) is 5.03. The Morgan fingerprint density at radius 3 is 1.71 bits per heavy atom. The normalized spacial score (nSPS) is 9.96. The van der Waals surface area contributed by atoms with E-state index in [-0.39, 0.29) is 28.8 Å². The van der Waals surface area contributed by atoms with Gasteiger partial charge in [0.15, 0.2) is 0 Å². The molecule has 0 radical (unpaired) electrons. The molecule has 0 fully saturated rings. The van der Waals surface area contributed by atoms with Gasteiger partial charge in [-0.1, -0.05) is 37.1 Å². The minimum Gasteiger partial charge on any atom is -0.330 e. The Labute approximate surface area is 164 Å². The minimum absolute atomic E-state index is 0.176. The molecule has 2 N–H and O–H groups in total. The van der Waals surface area contributed by atoms with Crippen molar-refractivity contribution >= 4 is 11.8 Å². The highest BCUT2D eigenvalue weighted by Gasteiger charge is 2.26. The predicted octanol–water partition coefficient (Wildman–Crippen LogP) is 3.23. The lowest BCUT2D eigenvalue weighted by atomic mass is 10.0. The Balaban J connectivity index is 2.34. The van der Waals surface area contributed by atoms with E-state index in [0.29, 0.717) is 13.0 Å². The van der Waals surface area contributed by atoms with Gasteiger partial charge in [0.2, 0.25) is 0 Å². The van der Waals surface area contributed by atoms with Crippen LogP contribution in [0.3, 0.4) is 0 Å². The zero-order valence-electron chi connectivity index (χ0n) is 15.6. The van der Waals surface area contributed by atoms with Crippen molar-refractivity contribution in [2.45, 2.75) is 25.7 Å². The molecule has 0 aromatic heterocycles. The molecule has 0 saturated heterocycles. The van der Waals surface area contributed by atoms with E-state index < -0.39 is 11.8 Å². The molecule has 2 aromatic rings. The third-order valence-electron chi connectivity index (χ3n) is 4.38. The number of hydrogen-bond donors (Lipinski definition) is 1. The molecule has 0 aliphatic carbocycles. The first-order chi connectivity index (χ1) is 13.6. The Morgan fingerprint density at radius 1 is 0.786 bits per heavy atom. The van der Waals surface area contributed by atoms with E-state index in [4.69, 9.17) is 5.73 Å². The summed E-state index contributed by atoms with van der Waals surface area (Å²) >= 11 is 0. The number of hydrogen-bond acceptors (Lipinski definition) is 5. The van der Waals surface area contributed by atoms with Gasteiger partial charge in [-0.25, -0.2) is 0 Å². The Kier molecular flexibility index (Phi) is 7.90. The molecule has 0 bridgehead atoms. The molecule has 28 heavy (non-hydrogen) atoms. The van der Waals surface area contributed by atoms with E-state index in [0.717, 1.165) is 24.2 Å². The van der Waals surface area contributed by atoms with Crippen molar-refractivity contribution in [3.05, 3.63) is 70.8 Å². The van der Waals surface area contributed by atoms with E-state index in [1.54, 1.807) is 36.4 Å². The number of nitrogens with zero attached hydrogens (tertiary/aromatic N) is 3. The second kappa shape index (κ2) is 10.6. The second-order valence-corrected chi connectivity index (χ2v) is 6.28. The van der Waals surface area contributed by atoms with Crippen LogP contribution in [-0.2, 0) is 0 Å². The van der Waals surface area contributed by atoms with Crippen LogP contribution in [0.2, 0.25) is 0 Å². The van der Waals surface area contributed by atoms with Crippen molar-refractivity contribution in [2.75, 3.05) is 13.1 Å². The average molecular weight is 374 g/mol. The average Bonchev–Trinajstić information content (AvgIpc) is 2.75. The maximum absolute atomic E-state index is 13.1. The Morgan fingerprint density at radius 2 is 1.25 bits per heavy atom. The number of carbonyl (C=O) groups is 2. The molecule has 0 saturated carbocycles. The highest BCUT2D eigenvalue weighted by atomic mass is 16.2. The number of benzene rings is 2. The molecular formula is C22H22N4O2. The lowest BCUT2D eigenvalue weighted by Crippen LogP contribution is -2.38. The van der Waals surface area contributed by atoms with Crippen LogP contribution < -0.4 is 5.73 Å².